The van der Waals surface area contributed by atoms with Crippen LogP contribution in [0.25, 0.3) is 0 Å². The summed E-state index contributed by atoms with van der Waals surface area (Å²) in [7, 11) is 0. The van der Waals surface area contributed by atoms with Crippen LogP contribution in [0.2, 0.25) is 0 Å². The molecule has 0 atom stereocenters. The van der Waals surface area contributed by atoms with E-state index in [1.54, 1.807) is 13.0 Å². The maximum absolute atomic E-state index is 13.4. The van der Waals surface area contributed by atoms with Crippen molar-refractivity contribution in [3.8, 4) is 5.75 Å². The average Bonchev–Trinajstić information content (AvgIpc) is 3.22. The molecule has 1 aromatic rings. The number of rotatable bonds is 19. The van der Waals surface area contributed by atoms with Crippen molar-refractivity contribution >= 4 is 17.4 Å². The molecule has 39 heavy (non-hydrogen) atoms. The van der Waals surface area contributed by atoms with Crippen LogP contribution in [0.15, 0.2) is 35.2 Å². The Labute approximate surface area is 275 Å². The van der Waals surface area contributed by atoms with E-state index in [9.17, 15) is 23.1 Å². The van der Waals surface area contributed by atoms with Crippen LogP contribution in [-0.4, -0.2) is 24.5 Å². The average molecular weight is 577 g/mol. The maximum Gasteiger partial charge on any atom is 1.00 e. The van der Waals surface area contributed by atoms with Crippen molar-refractivity contribution in [3.63, 3.8) is 0 Å². The number of amides is 1. The van der Waals surface area contributed by atoms with E-state index in [2.05, 4.69) is 11.9 Å². The maximum atomic E-state index is 13.4. The van der Waals surface area contributed by atoms with E-state index in [-0.39, 0.29) is 63.3 Å². The van der Waals surface area contributed by atoms with Gasteiger partial charge in [0.1, 0.15) is 11.4 Å². The number of aryl methyl sites for hydroxylation is 1. The van der Waals surface area contributed by atoms with Gasteiger partial charge in [-0.2, -0.15) is 13.2 Å². The molecule has 0 fully saturated rings. The van der Waals surface area contributed by atoms with Gasteiger partial charge in [0.15, 0.2) is 0 Å². The third-order valence-electron chi connectivity index (χ3n) is 6.90. The molecular formula is C30H44F3KN2O3. The molecule has 0 N–H and O–H groups in total. The van der Waals surface area contributed by atoms with Crippen LogP contribution in [0.3, 0.4) is 0 Å². The van der Waals surface area contributed by atoms with E-state index >= 15 is 0 Å². The number of benzene rings is 1. The standard InChI is InChI=1S/C30H45F3N2O3.K/c1-3-4-5-6-7-8-9-10-11-12-13-14-15-16-17-18-21-38-25-19-20-27(24(2)22-25)35-28(37)26(23-36)34-29(35)30(31,32)33;/h19-20,22-23,36H,3-18,21H2,1-2H3;/q;+1/p-1/b26-23+;. The van der Waals surface area contributed by atoms with E-state index in [0.29, 0.717) is 22.8 Å². The minimum atomic E-state index is -4.87. The molecule has 0 aliphatic carbocycles. The SMILES string of the molecule is CCCCCCCCCCCCCCCCCCOc1ccc(N2C(=O)/C(=C\[O-])N=C2C(F)(F)F)c(C)c1.[K+]. The first-order chi connectivity index (χ1) is 18.3. The van der Waals surface area contributed by atoms with Gasteiger partial charge in [-0.3, -0.25) is 9.69 Å². The van der Waals surface area contributed by atoms with E-state index in [0.717, 1.165) is 12.8 Å². The minimum absolute atomic E-state index is 0. The number of hydrogen-bond donors (Lipinski definition) is 0. The van der Waals surface area contributed by atoms with Gasteiger partial charge < -0.3 is 9.84 Å². The first-order valence-electron chi connectivity index (χ1n) is 14.4. The van der Waals surface area contributed by atoms with Gasteiger partial charge in [-0.15, -0.1) is 6.26 Å². The first-order valence-corrected chi connectivity index (χ1v) is 14.4. The third kappa shape index (κ3) is 13.1. The number of aliphatic imine (C=N–C) groups is 1. The van der Waals surface area contributed by atoms with Gasteiger partial charge in [-0.1, -0.05) is 103 Å². The monoisotopic (exact) mass is 576 g/mol. The van der Waals surface area contributed by atoms with Gasteiger partial charge in [0.05, 0.1) is 12.3 Å². The fourth-order valence-electron chi connectivity index (χ4n) is 4.72. The summed E-state index contributed by atoms with van der Waals surface area (Å²) in [6.07, 6.45) is 15.9. The molecule has 2 rings (SSSR count). The predicted octanol–water partition coefficient (Wildman–Crippen LogP) is 5.15. The second-order valence-electron chi connectivity index (χ2n) is 10.2. The van der Waals surface area contributed by atoms with Crippen molar-refractivity contribution in [1.82, 2.24) is 0 Å². The Morgan fingerprint density at radius 3 is 1.79 bits per heavy atom. The van der Waals surface area contributed by atoms with Crippen LogP contribution in [0.5, 0.6) is 5.75 Å². The molecule has 1 amide bonds. The number of nitrogens with zero attached hydrogens (tertiary/aromatic N) is 2. The molecule has 0 spiro atoms. The quantitative estimate of drug-likeness (QED) is 0.0991. The summed E-state index contributed by atoms with van der Waals surface area (Å²) in [4.78, 5) is 15.9. The van der Waals surface area contributed by atoms with Crippen molar-refractivity contribution < 1.29 is 79.2 Å². The number of ether oxygens (including phenoxy) is 1. The molecule has 0 saturated heterocycles. The third-order valence-corrected chi connectivity index (χ3v) is 6.90. The van der Waals surface area contributed by atoms with Crippen LogP contribution in [0.1, 0.15) is 115 Å². The zero-order chi connectivity index (χ0) is 27.8. The Morgan fingerprint density at radius 1 is 0.872 bits per heavy atom. The molecule has 1 aromatic carbocycles. The Balaban J connectivity index is 0.00000760. The zero-order valence-corrected chi connectivity index (χ0v) is 27.2. The molecule has 0 radical (unpaired) electrons. The number of unbranched alkanes of at least 4 members (excludes halogenated alkanes) is 15. The number of hydrogen-bond acceptors (Lipinski definition) is 4. The van der Waals surface area contributed by atoms with Crippen molar-refractivity contribution in [2.75, 3.05) is 11.5 Å². The van der Waals surface area contributed by atoms with Crippen LogP contribution in [0.4, 0.5) is 18.9 Å². The van der Waals surface area contributed by atoms with Crippen LogP contribution >= 0.6 is 0 Å². The van der Waals surface area contributed by atoms with E-state index < -0.39 is 23.6 Å². The van der Waals surface area contributed by atoms with Gasteiger partial charge in [-0.25, -0.2) is 4.99 Å². The summed E-state index contributed by atoms with van der Waals surface area (Å²) in [5.41, 5.74) is -0.315. The molecule has 0 saturated carbocycles. The number of carbonyl (C=O) groups excluding carboxylic acids is 1. The summed E-state index contributed by atoms with van der Waals surface area (Å²) in [5.74, 6) is -1.96. The molecule has 1 aliphatic heterocycles. The fourth-order valence-corrected chi connectivity index (χ4v) is 4.72. The zero-order valence-electron chi connectivity index (χ0n) is 24.1. The normalized spacial score (nSPS) is 14.6. The number of carbonyl (C=O) groups is 1. The molecule has 0 unspecified atom stereocenters. The van der Waals surface area contributed by atoms with Gasteiger partial charge in [0.2, 0.25) is 5.84 Å². The summed E-state index contributed by atoms with van der Waals surface area (Å²) in [6, 6.07) is 4.53. The van der Waals surface area contributed by atoms with E-state index in [1.807, 2.05) is 0 Å². The number of halogens is 3. The summed E-state index contributed by atoms with van der Waals surface area (Å²) < 4.78 is 45.9. The smallest absolute Gasteiger partial charge is 0.876 e. The van der Waals surface area contributed by atoms with Crippen LogP contribution in [-0.2, 0) is 4.79 Å². The Bertz CT molecular complexity index is 919. The van der Waals surface area contributed by atoms with E-state index in [1.165, 1.54) is 102 Å². The Hall–Kier alpha value is -0.874. The molecule has 5 nitrogen and oxygen atoms in total. The molecule has 0 bridgehead atoms. The Morgan fingerprint density at radius 2 is 1.36 bits per heavy atom. The van der Waals surface area contributed by atoms with Gasteiger partial charge >= 0.3 is 57.6 Å². The number of amidine groups is 1. The molecule has 1 aliphatic rings. The van der Waals surface area contributed by atoms with Gasteiger partial charge in [-0.05, 0) is 37.1 Å². The van der Waals surface area contributed by atoms with Crippen molar-refractivity contribution in [2.45, 2.75) is 123 Å². The Kier molecular flexibility index (Phi) is 18.6. The second-order valence-corrected chi connectivity index (χ2v) is 10.2. The molecule has 9 heteroatoms. The molecule has 1 heterocycles. The molecule has 0 aromatic heterocycles. The van der Waals surface area contributed by atoms with Gasteiger partial charge in [0, 0.05) is 0 Å². The van der Waals surface area contributed by atoms with Crippen molar-refractivity contribution in [3.05, 3.63) is 35.7 Å². The predicted molar refractivity (Wildman–Crippen MR) is 145 cm³/mol. The van der Waals surface area contributed by atoms with Crippen LogP contribution < -0.4 is 66.1 Å². The minimum Gasteiger partial charge on any atom is -0.876 e. The van der Waals surface area contributed by atoms with E-state index in [4.69, 9.17) is 4.74 Å². The van der Waals surface area contributed by atoms with Crippen molar-refractivity contribution in [2.24, 2.45) is 4.99 Å². The summed E-state index contributed by atoms with van der Waals surface area (Å²) in [5, 5.41) is 11.0. The summed E-state index contributed by atoms with van der Waals surface area (Å²) >= 11 is 0. The second kappa shape index (κ2) is 20.1. The topological polar surface area (TPSA) is 65.0 Å². The van der Waals surface area contributed by atoms with Crippen molar-refractivity contribution in [1.29, 1.82) is 0 Å². The molecular weight excluding hydrogens is 532 g/mol. The summed E-state index contributed by atoms with van der Waals surface area (Å²) in [6.45, 7) is 4.38. The van der Waals surface area contributed by atoms with Gasteiger partial charge in [0.25, 0.3) is 5.91 Å². The first kappa shape index (κ1) is 36.2. The number of anilines is 1. The fraction of sp³-hybridized carbons (Fsp3) is 0.667. The largest absolute Gasteiger partial charge is 1.00 e. The molecule has 214 valence electrons. The van der Waals surface area contributed by atoms with Crippen LogP contribution in [0, 0.1) is 6.92 Å². The number of alkyl halides is 3.